The van der Waals surface area contributed by atoms with E-state index in [0.29, 0.717) is 35.0 Å². The topological polar surface area (TPSA) is 84.8 Å². The van der Waals surface area contributed by atoms with Gasteiger partial charge in [-0.15, -0.1) is 0 Å². The first kappa shape index (κ1) is 11.8. The average Bonchev–Trinajstić information content (AvgIpc) is 2.34. The van der Waals surface area contributed by atoms with Gasteiger partial charge in [-0.2, -0.15) is 0 Å². The third-order valence-corrected chi connectivity index (χ3v) is 3.62. The number of aromatic amines is 1. The summed E-state index contributed by atoms with van der Waals surface area (Å²) in [4.78, 5) is 41.9. The van der Waals surface area contributed by atoms with Gasteiger partial charge in [0.25, 0.3) is 5.56 Å². The van der Waals surface area contributed by atoms with Crippen LogP contribution in [0, 0.1) is 5.92 Å². The van der Waals surface area contributed by atoms with Gasteiger partial charge >= 0.3 is 5.69 Å². The van der Waals surface area contributed by atoms with Crippen LogP contribution in [0.25, 0.3) is 11.0 Å². The number of Topliss-reactive ketones (excluding diaryl/α,β-unsaturated/α-hetero) is 1. The summed E-state index contributed by atoms with van der Waals surface area (Å²) in [7, 11) is 1.55. The minimum Gasteiger partial charge on any atom is -0.294 e. The Morgan fingerprint density at radius 1 is 1.32 bits per heavy atom. The highest BCUT2D eigenvalue weighted by atomic mass is 16.2. The standard InChI is InChI=1S/C13H13N3O3/c1-6-3-7-8(9(17)4-6)5-14-11-10(7)12(18)15-13(19)16(11)2/h5-6H,3-4H2,1-2H3,(H,15,18,19)/t6-/m1/s1. The summed E-state index contributed by atoms with van der Waals surface area (Å²) in [6.07, 6.45) is 2.61. The number of pyridine rings is 1. The lowest BCUT2D eigenvalue weighted by atomic mass is 9.84. The van der Waals surface area contributed by atoms with Crippen molar-refractivity contribution in [1.82, 2.24) is 14.5 Å². The van der Waals surface area contributed by atoms with E-state index >= 15 is 0 Å². The fourth-order valence-corrected chi connectivity index (χ4v) is 2.67. The van der Waals surface area contributed by atoms with E-state index in [1.807, 2.05) is 6.92 Å². The van der Waals surface area contributed by atoms with Gasteiger partial charge in [0, 0.05) is 25.2 Å². The Balaban J connectivity index is 2.50. The molecule has 0 bridgehead atoms. The largest absolute Gasteiger partial charge is 0.329 e. The maximum atomic E-state index is 12.0. The molecule has 2 aromatic heterocycles. The number of aromatic nitrogens is 3. The minimum absolute atomic E-state index is 0.0106. The Morgan fingerprint density at radius 2 is 2.05 bits per heavy atom. The molecule has 0 unspecified atom stereocenters. The summed E-state index contributed by atoms with van der Waals surface area (Å²) < 4.78 is 1.29. The third-order valence-electron chi connectivity index (χ3n) is 3.62. The molecular weight excluding hydrogens is 246 g/mol. The number of hydrogen-bond acceptors (Lipinski definition) is 4. The third kappa shape index (κ3) is 1.63. The van der Waals surface area contributed by atoms with Crippen molar-refractivity contribution in [3.8, 4) is 0 Å². The van der Waals surface area contributed by atoms with Crippen molar-refractivity contribution in [3.63, 3.8) is 0 Å². The van der Waals surface area contributed by atoms with Crippen LogP contribution in [0.1, 0.15) is 29.3 Å². The van der Waals surface area contributed by atoms with E-state index in [1.54, 1.807) is 7.05 Å². The van der Waals surface area contributed by atoms with E-state index in [1.165, 1.54) is 10.8 Å². The smallest absolute Gasteiger partial charge is 0.294 e. The van der Waals surface area contributed by atoms with Crippen molar-refractivity contribution in [2.75, 3.05) is 0 Å². The lowest BCUT2D eigenvalue weighted by Crippen LogP contribution is -2.31. The molecule has 19 heavy (non-hydrogen) atoms. The number of hydrogen-bond donors (Lipinski definition) is 1. The number of nitrogens with one attached hydrogen (secondary N) is 1. The predicted molar refractivity (Wildman–Crippen MR) is 69.4 cm³/mol. The molecule has 1 N–H and O–H groups in total. The highest BCUT2D eigenvalue weighted by Crippen LogP contribution is 2.28. The van der Waals surface area contributed by atoms with Crippen molar-refractivity contribution < 1.29 is 4.79 Å². The Hall–Kier alpha value is -2.24. The number of H-pyrrole nitrogens is 1. The Morgan fingerprint density at radius 3 is 2.79 bits per heavy atom. The van der Waals surface area contributed by atoms with Crippen molar-refractivity contribution in [2.45, 2.75) is 19.8 Å². The summed E-state index contributed by atoms with van der Waals surface area (Å²) in [6, 6.07) is 0. The van der Waals surface area contributed by atoms with Gasteiger partial charge in [-0.05, 0) is 17.9 Å². The quantitative estimate of drug-likeness (QED) is 0.741. The molecule has 0 saturated heterocycles. The van der Waals surface area contributed by atoms with Crippen LogP contribution in [-0.2, 0) is 13.5 Å². The number of nitrogens with zero attached hydrogens (tertiary/aromatic N) is 2. The molecule has 0 spiro atoms. The van der Waals surface area contributed by atoms with Crippen LogP contribution < -0.4 is 11.2 Å². The molecular formula is C13H13N3O3. The van der Waals surface area contributed by atoms with Crippen LogP contribution in [0.2, 0.25) is 0 Å². The second-order valence-corrected chi connectivity index (χ2v) is 5.10. The van der Waals surface area contributed by atoms with Gasteiger partial charge in [0.15, 0.2) is 5.78 Å². The van der Waals surface area contributed by atoms with E-state index in [2.05, 4.69) is 9.97 Å². The van der Waals surface area contributed by atoms with E-state index in [0.717, 1.165) is 0 Å². The lowest BCUT2D eigenvalue weighted by molar-refractivity contribution is 0.0953. The van der Waals surface area contributed by atoms with Gasteiger partial charge in [-0.25, -0.2) is 9.78 Å². The van der Waals surface area contributed by atoms with E-state index in [9.17, 15) is 14.4 Å². The molecule has 2 aromatic rings. The van der Waals surface area contributed by atoms with Crippen LogP contribution in [0.15, 0.2) is 15.8 Å². The second kappa shape index (κ2) is 3.88. The molecule has 0 aliphatic heterocycles. The monoisotopic (exact) mass is 259 g/mol. The normalized spacial score (nSPS) is 18.6. The fraction of sp³-hybridized carbons (Fsp3) is 0.385. The second-order valence-electron chi connectivity index (χ2n) is 5.10. The first-order valence-electron chi connectivity index (χ1n) is 6.13. The first-order valence-corrected chi connectivity index (χ1v) is 6.13. The van der Waals surface area contributed by atoms with Crippen molar-refractivity contribution in [2.24, 2.45) is 13.0 Å². The molecule has 0 saturated carbocycles. The van der Waals surface area contributed by atoms with Gasteiger partial charge < -0.3 is 0 Å². The SMILES string of the molecule is C[C@H]1CC(=O)c2cnc3c(c2C1)c(=O)[nH]c(=O)n3C. The van der Waals surface area contributed by atoms with Crippen LogP contribution in [0.4, 0.5) is 0 Å². The molecule has 0 radical (unpaired) electrons. The van der Waals surface area contributed by atoms with Crippen molar-refractivity contribution in [3.05, 3.63) is 38.2 Å². The number of ketones is 1. The number of aryl methyl sites for hydroxylation is 1. The van der Waals surface area contributed by atoms with Crippen molar-refractivity contribution >= 4 is 16.8 Å². The molecule has 6 heteroatoms. The predicted octanol–water partition coefficient (Wildman–Crippen LogP) is 0.387. The molecule has 0 amide bonds. The summed E-state index contributed by atoms with van der Waals surface area (Å²) in [5.41, 5.74) is 0.583. The van der Waals surface area contributed by atoms with Crippen LogP contribution in [0.3, 0.4) is 0 Å². The van der Waals surface area contributed by atoms with E-state index < -0.39 is 11.2 Å². The Bertz CT molecular complexity index is 816. The highest BCUT2D eigenvalue weighted by molar-refractivity contribution is 6.02. The van der Waals surface area contributed by atoms with Gasteiger partial charge in [-0.1, -0.05) is 6.92 Å². The zero-order chi connectivity index (χ0) is 13.7. The molecule has 98 valence electrons. The van der Waals surface area contributed by atoms with Crippen LogP contribution in [-0.4, -0.2) is 20.3 Å². The number of carbonyl (C=O) groups is 1. The molecule has 2 heterocycles. The van der Waals surface area contributed by atoms with Gasteiger partial charge in [0.2, 0.25) is 0 Å². The van der Waals surface area contributed by atoms with Crippen LogP contribution in [0.5, 0.6) is 0 Å². The minimum atomic E-state index is -0.500. The number of fused-ring (bicyclic) bond motifs is 3. The fourth-order valence-electron chi connectivity index (χ4n) is 2.67. The summed E-state index contributed by atoms with van der Waals surface area (Å²) >= 11 is 0. The van der Waals surface area contributed by atoms with E-state index in [4.69, 9.17) is 0 Å². The van der Waals surface area contributed by atoms with Crippen LogP contribution >= 0.6 is 0 Å². The number of carbonyl (C=O) groups excluding carboxylic acids is 1. The summed E-state index contributed by atoms with van der Waals surface area (Å²) in [5, 5.41) is 0.361. The lowest BCUT2D eigenvalue weighted by Gasteiger charge is -2.21. The molecule has 1 atom stereocenters. The summed E-state index contributed by atoms with van der Waals surface area (Å²) in [6.45, 7) is 1.98. The Kier molecular flexibility index (Phi) is 2.41. The highest BCUT2D eigenvalue weighted by Gasteiger charge is 2.26. The molecule has 1 aliphatic carbocycles. The molecule has 6 nitrogen and oxygen atoms in total. The zero-order valence-electron chi connectivity index (χ0n) is 10.7. The molecule has 0 aromatic carbocycles. The zero-order valence-corrected chi connectivity index (χ0v) is 10.7. The average molecular weight is 259 g/mol. The van der Waals surface area contributed by atoms with Crippen molar-refractivity contribution in [1.29, 1.82) is 0 Å². The molecule has 3 rings (SSSR count). The maximum Gasteiger partial charge on any atom is 0.329 e. The number of rotatable bonds is 0. The van der Waals surface area contributed by atoms with Gasteiger partial charge in [-0.3, -0.25) is 19.1 Å². The molecule has 1 aliphatic rings. The first-order chi connectivity index (χ1) is 8.99. The van der Waals surface area contributed by atoms with E-state index in [-0.39, 0.29) is 11.7 Å². The Labute approximate surface area is 108 Å². The van der Waals surface area contributed by atoms with Gasteiger partial charge in [0.1, 0.15) is 5.65 Å². The van der Waals surface area contributed by atoms with Gasteiger partial charge in [0.05, 0.1) is 5.39 Å². The summed E-state index contributed by atoms with van der Waals surface area (Å²) in [5.74, 6) is 0.207. The molecule has 0 fully saturated rings. The maximum absolute atomic E-state index is 12.0.